The van der Waals surface area contributed by atoms with E-state index in [1.54, 1.807) is 18.2 Å². The molecule has 0 spiro atoms. The third kappa shape index (κ3) is 8.16. The summed E-state index contributed by atoms with van der Waals surface area (Å²) in [7, 11) is -3.87. The number of aromatic nitrogens is 3. The molecule has 12 nitrogen and oxygen atoms in total. The minimum atomic E-state index is -4.90. The smallest absolute Gasteiger partial charge is 0.406 e. The highest BCUT2D eigenvalue weighted by molar-refractivity contribution is 7.99. The van der Waals surface area contributed by atoms with Crippen molar-refractivity contribution in [1.29, 1.82) is 0 Å². The van der Waals surface area contributed by atoms with Crippen molar-refractivity contribution >= 4 is 45.2 Å². The van der Waals surface area contributed by atoms with Crippen LogP contribution in [0.1, 0.15) is 10.4 Å². The van der Waals surface area contributed by atoms with Crippen molar-refractivity contribution in [2.24, 2.45) is 0 Å². The van der Waals surface area contributed by atoms with Crippen molar-refractivity contribution in [2.45, 2.75) is 16.4 Å². The lowest BCUT2D eigenvalue weighted by Gasteiger charge is -2.26. The summed E-state index contributed by atoms with van der Waals surface area (Å²) in [6.45, 7) is 0.911. The molecule has 2 amide bonds. The number of hydrogen-bond acceptors (Lipinski definition) is 9. The summed E-state index contributed by atoms with van der Waals surface area (Å²) >= 11 is 6.82. The Balaban J connectivity index is 1.40. The highest BCUT2D eigenvalue weighted by Crippen LogP contribution is 2.31. The maximum Gasteiger partial charge on any atom is 0.573 e. The van der Waals surface area contributed by atoms with E-state index < -0.39 is 33.9 Å². The fourth-order valence-corrected chi connectivity index (χ4v) is 6.70. The van der Waals surface area contributed by atoms with Crippen LogP contribution in [0.25, 0.3) is 17.1 Å². The van der Waals surface area contributed by atoms with Crippen molar-refractivity contribution in [3.63, 3.8) is 0 Å². The van der Waals surface area contributed by atoms with Gasteiger partial charge in [-0.05, 0) is 54.6 Å². The summed E-state index contributed by atoms with van der Waals surface area (Å²) in [6, 6.07) is 17.0. The van der Waals surface area contributed by atoms with Gasteiger partial charge in [0.05, 0.1) is 23.9 Å². The number of nitrogens with one attached hydrogen (secondary N) is 2. The number of hydrazine groups is 1. The van der Waals surface area contributed by atoms with Gasteiger partial charge < -0.3 is 9.47 Å². The minimum Gasteiger partial charge on any atom is -0.406 e. The lowest BCUT2D eigenvalue weighted by molar-refractivity contribution is -0.274. The summed E-state index contributed by atoms with van der Waals surface area (Å²) in [6.07, 6.45) is -4.90. The molecule has 4 aromatic rings. The molecular formula is C28H24ClF3N6O6S2. The molecule has 1 aliphatic rings. The molecule has 0 radical (unpaired) electrons. The summed E-state index contributed by atoms with van der Waals surface area (Å²) in [5, 5.41) is 8.87. The number of sulfonamides is 1. The van der Waals surface area contributed by atoms with Crippen LogP contribution in [0, 0.1) is 0 Å². The standard InChI is InChI=1S/C28H24ClF3N6O6S2/c29-20-5-1-4-19(15-20)26(40)35-33-24(39)17-45-27-36-34-25(38(27)21-7-9-22(10-8-21)44-28(30,31)32)18-3-2-6-23(16-18)46(41,42)37-11-13-43-14-12-37/h1-10,15-16H,11-14,17H2,(H,33,39)(H,35,40). The van der Waals surface area contributed by atoms with Gasteiger partial charge in [0, 0.05) is 34.9 Å². The lowest BCUT2D eigenvalue weighted by atomic mass is 10.2. The number of alkyl halides is 3. The van der Waals surface area contributed by atoms with E-state index in [9.17, 15) is 31.2 Å². The average molecular weight is 697 g/mol. The molecular weight excluding hydrogens is 673 g/mol. The summed E-state index contributed by atoms with van der Waals surface area (Å²) in [5.41, 5.74) is 5.43. The Hall–Kier alpha value is -4.16. The highest BCUT2D eigenvalue weighted by atomic mass is 35.5. The molecule has 0 saturated carbocycles. The monoisotopic (exact) mass is 696 g/mol. The third-order valence-electron chi connectivity index (χ3n) is 6.40. The normalized spacial score (nSPS) is 14.1. The van der Waals surface area contributed by atoms with Gasteiger partial charge in [-0.3, -0.25) is 25.0 Å². The number of halogens is 4. The molecule has 0 unspecified atom stereocenters. The van der Waals surface area contributed by atoms with E-state index in [4.69, 9.17) is 16.3 Å². The second-order valence-electron chi connectivity index (χ2n) is 9.53. The fraction of sp³-hybridized carbons (Fsp3) is 0.214. The lowest BCUT2D eigenvalue weighted by Crippen LogP contribution is -2.42. The van der Waals surface area contributed by atoms with Crippen LogP contribution < -0.4 is 15.6 Å². The van der Waals surface area contributed by atoms with Gasteiger partial charge in [-0.2, -0.15) is 4.31 Å². The Morgan fingerprint density at radius 2 is 1.70 bits per heavy atom. The van der Waals surface area contributed by atoms with Crippen LogP contribution in [-0.2, 0) is 19.6 Å². The van der Waals surface area contributed by atoms with E-state index in [0.29, 0.717) is 16.3 Å². The van der Waals surface area contributed by atoms with Crippen LogP contribution in [0.15, 0.2) is 82.8 Å². The Bertz CT molecular complexity index is 1830. The largest absolute Gasteiger partial charge is 0.573 e. The maximum atomic E-state index is 13.3. The number of ether oxygens (including phenoxy) is 2. The first kappa shape index (κ1) is 33.2. The van der Waals surface area contributed by atoms with Crippen LogP contribution in [0.5, 0.6) is 5.75 Å². The Labute approximate surface area is 269 Å². The number of carbonyl (C=O) groups excluding carboxylic acids is 2. The number of carbonyl (C=O) groups is 2. The fourth-order valence-electron chi connectivity index (χ4n) is 4.31. The maximum absolute atomic E-state index is 13.3. The van der Waals surface area contributed by atoms with Gasteiger partial charge in [-0.1, -0.05) is 41.6 Å². The van der Waals surface area contributed by atoms with Crippen molar-refractivity contribution in [1.82, 2.24) is 29.9 Å². The van der Waals surface area contributed by atoms with Crippen LogP contribution in [0.2, 0.25) is 5.02 Å². The van der Waals surface area contributed by atoms with Crippen molar-refractivity contribution in [2.75, 3.05) is 32.1 Å². The number of nitrogens with zero attached hydrogens (tertiary/aromatic N) is 4. The van der Waals surface area contributed by atoms with Crippen molar-refractivity contribution in [3.8, 4) is 22.8 Å². The van der Waals surface area contributed by atoms with Gasteiger partial charge >= 0.3 is 6.36 Å². The number of morpholine rings is 1. The van der Waals surface area contributed by atoms with Gasteiger partial charge in [0.1, 0.15) is 5.75 Å². The van der Waals surface area contributed by atoms with Gasteiger partial charge in [-0.25, -0.2) is 8.42 Å². The molecule has 46 heavy (non-hydrogen) atoms. The molecule has 242 valence electrons. The van der Waals surface area contributed by atoms with E-state index in [-0.39, 0.29) is 53.5 Å². The van der Waals surface area contributed by atoms with Crippen LogP contribution >= 0.6 is 23.4 Å². The van der Waals surface area contributed by atoms with Gasteiger partial charge in [0.25, 0.3) is 5.91 Å². The zero-order chi connectivity index (χ0) is 32.9. The molecule has 1 fully saturated rings. The molecule has 2 heterocycles. The van der Waals surface area contributed by atoms with E-state index >= 15 is 0 Å². The number of thioether (sulfide) groups is 1. The molecule has 5 rings (SSSR count). The summed E-state index contributed by atoms with van der Waals surface area (Å²) in [4.78, 5) is 24.9. The highest BCUT2D eigenvalue weighted by Gasteiger charge is 2.31. The molecule has 18 heteroatoms. The molecule has 2 N–H and O–H groups in total. The first-order valence-electron chi connectivity index (χ1n) is 13.4. The minimum absolute atomic E-state index is 0.000555. The number of benzene rings is 3. The molecule has 0 aliphatic carbocycles. The number of amides is 2. The molecule has 1 aliphatic heterocycles. The second kappa shape index (κ2) is 14.1. The molecule has 0 bridgehead atoms. The third-order valence-corrected chi connectivity index (χ3v) is 9.46. The Morgan fingerprint density at radius 1 is 0.978 bits per heavy atom. The Kier molecular flexibility index (Phi) is 10.2. The second-order valence-corrected chi connectivity index (χ2v) is 12.8. The van der Waals surface area contributed by atoms with Crippen molar-refractivity contribution in [3.05, 3.63) is 83.4 Å². The number of rotatable bonds is 9. The van der Waals surface area contributed by atoms with Gasteiger partial charge in [0.2, 0.25) is 15.9 Å². The first-order chi connectivity index (χ1) is 21.9. The van der Waals surface area contributed by atoms with E-state index in [2.05, 4.69) is 25.8 Å². The SMILES string of the molecule is O=C(CSc1nnc(-c2cccc(S(=O)(=O)N3CCOCC3)c2)n1-c1ccc(OC(F)(F)F)cc1)NNC(=O)c1cccc(Cl)c1. The summed E-state index contributed by atoms with van der Waals surface area (Å²) < 4.78 is 76.9. The van der Waals surface area contributed by atoms with Gasteiger partial charge in [-0.15, -0.1) is 23.4 Å². The molecule has 1 saturated heterocycles. The Morgan fingerprint density at radius 3 is 2.39 bits per heavy atom. The average Bonchev–Trinajstić information content (AvgIpc) is 3.46. The predicted molar refractivity (Wildman–Crippen MR) is 161 cm³/mol. The van der Waals surface area contributed by atoms with Crippen LogP contribution in [-0.4, -0.2) is 77.7 Å². The zero-order valence-corrected chi connectivity index (χ0v) is 25.9. The molecule has 1 aromatic heterocycles. The van der Waals surface area contributed by atoms with Crippen LogP contribution in [0.3, 0.4) is 0 Å². The molecule has 0 atom stereocenters. The quantitative estimate of drug-likeness (QED) is 0.196. The van der Waals surface area contributed by atoms with Gasteiger partial charge in [0.15, 0.2) is 11.0 Å². The van der Waals surface area contributed by atoms with Crippen LogP contribution in [0.4, 0.5) is 13.2 Å². The van der Waals surface area contributed by atoms with Crippen molar-refractivity contribution < 1.29 is 40.7 Å². The predicted octanol–water partition coefficient (Wildman–Crippen LogP) is 4.06. The van der Waals surface area contributed by atoms with E-state index in [0.717, 1.165) is 23.9 Å². The zero-order valence-electron chi connectivity index (χ0n) is 23.5. The first-order valence-corrected chi connectivity index (χ1v) is 16.2. The van der Waals surface area contributed by atoms with E-state index in [1.165, 1.54) is 51.3 Å². The topological polar surface area (TPSA) is 145 Å². The molecule has 3 aromatic carbocycles. The number of hydrogen-bond donors (Lipinski definition) is 2. The summed E-state index contributed by atoms with van der Waals surface area (Å²) in [5.74, 6) is -1.77. The van der Waals surface area contributed by atoms with E-state index in [1.807, 2.05) is 0 Å².